The molecule has 5 aromatic rings. The van der Waals surface area contributed by atoms with Crippen LogP contribution in [0.2, 0.25) is 0 Å². The lowest BCUT2D eigenvalue weighted by molar-refractivity contribution is 0.0697. The van der Waals surface area contributed by atoms with Gasteiger partial charge in [0.1, 0.15) is 29.8 Å². The molecule has 5 rings (SSSR count). The average Bonchev–Trinajstić information content (AvgIpc) is 3.31. The van der Waals surface area contributed by atoms with Crippen molar-refractivity contribution in [1.29, 1.82) is 5.26 Å². The molecule has 9 heteroatoms. The zero-order chi connectivity index (χ0) is 28.9. The van der Waals surface area contributed by atoms with Gasteiger partial charge in [-0.15, -0.1) is 0 Å². The van der Waals surface area contributed by atoms with E-state index in [4.69, 9.17) is 14.7 Å². The third-order valence-corrected chi connectivity index (χ3v) is 6.71. The van der Waals surface area contributed by atoms with Crippen LogP contribution < -0.4 is 4.74 Å². The molecule has 0 unspecified atom stereocenters. The number of nitriles is 1. The van der Waals surface area contributed by atoms with Gasteiger partial charge in [0.25, 0.3) is 0 Å². The van der Waals surface area contributed by atoms with Crippen LogP contribution in [-0.4, -0.2) is 34.3 Å². The van der Waals surface area contributed by atoms with Crippen LogP contribution in [0.4, 0.5) is 8.78 Å². The van der Waals surface area contributed by atoms with Gasteiger partial charge in [-0.05, 0) is 59.7 Å². The number of rotatable bonds is 10. The van der Waals surface area contributed by atoms with Crippen molar-refractivity contribution in [2.75, 3.05) is 13.7 Å². The van der Waals surface area contributed by atoms with Crippen LogP contribution >= 0.6 is 0 Å². The van der Waals surface area contributed by atoms with Crippen molar-refractivity contribution in [3.05, 3.63) is 119 Å². The largest absolute Gasteiger partial charge is 0.489 e. The molecule has 1 heterocycles. The van der Waals surface area contributed by atoms with E-state index in [1.54, 1.807) is 49.6 Å². The Bertz CT molecular complexity index is 1790. The number of halogens is 2. The van der Waals surface area contributed by atoms with Gasteiger partial charge in [-0.25, -0.2) is 18.6 Å². The lowest BCUT2D eigenvalue weighted by Crippen LogP contribution is -2.09. The van der Waals surface area contributed by atoms with Gasteiger partial charge in [0.15, 0.2) is 0 Å². The Hall–Kier alpha value is -5.07. The fraction of sp³-hybridized carbons (Fsp3) is 0.156. The number of benzene rings is 4. The summed E-state index contributed by atoms with van der Waals surface area (Å²) in [6, 6.07) is 22.7. The number of carboxylic acids is 1. The maximum atomic E-state index is 15.4. The van der Waals surface area contributed by atoms with E-state index in [9.17, 15) is 14.3 Å². The smallest absolute Gasteiger partial charge is 0.335 e. The summed E-state index contributed by atoms with van der Waals surface area (Å²) in [7, 11) is 1.58. The molecular weight excluding hydrogens is 528 g/mol. The molecule has 0 radical (unpaired) electrons. The highest BCUT2D eigenvalue weighted by Gasteiger charge is 2.15. The molecule has 0 fully saturated rings. The number of hydrogen-bond donors (Lipinski definition) is 1. The number of fused-ring (bicyclic) bond motifs is 1. The SMILES string of the molecule is COCCn1c(Cc2ccc(-c3cccc(OCc4ccc(C#N)cc4F)c3)c(F)c2)nc2ccc(C(=O)O)cc21. The van der Waals surface area contributed by atoms with E-state index < -0.39 is 17.6 Å². The molecule has 41 heavy (non-hydrogen) atoms. The molecule has 4 aromatic carbocycles. The van der Waals surface area contributed by atoms with E-state index in [0.717, 1.165) is 6.07 Å². The van der Waals surface area contributed by atoms with Gasteiger partial charge in [0.05, 0.1) is 34.8 Å². The van der Waals surface area contributed by atoms with Crippen LogP contribution in [0.15, 0.2) is 78.9 Å². The number of carboxylic acid groups (broad SMARTS) is 1. The summed E-state index contributed by atoms with van der Waals surface area (Å²) in [5.74, 6) is -0.869. The van der Waals surface area contributed by atoms with Crippen molar-refractivity contribution in [1.82, 2.24) is 9.55 Å². The molecular formula is C32H25F2N3O4. The first kappa shape index (κ1) is 27.5. The van der Waals surface area contributed by atoms with E-state index in [2.05, 4.69) is 4.98 Å². The van der Waals surface area contributed by atoms with Gasteiger partial charge in [-0.3, -0.25) is 0 Å². The maximum Gasteiger partial charge on any atom is 0.335 e. The Kier molecular flexibility index (Phi) is 8.04. The Balaban J connectivity index is 1.36. The lowest BCUT2D eigenvalue weighted by atomic mass is 10.0. The number of aromatic carboxylic acids is 1. The minimum absolute atomic E-state index is 0.0412. The molecule has 7 nitrogen and oxygen atoms in total. The molecule has 0 saturated heterocycles. The van der Waals surface area contributed by atoms with Gasteiger partial charge in [0, 0.05) is 31.2 Å². The summed E-state index contributed by atoms with van der Waals surface area (Å²) in [5.41, 5.74) is 3.69. The summed E-state index contributed by atoms with van der Waals surface area (Å²) in [5, 5.41) is 18.3. The summed E-state index contributed by atoms with van der Waals surface area (Å²) >= 11 is 0. The van der Waals surface area contributed by atoms with Crippen molar-refractivity contribution >= 4 is 17.0 Å². The fourth-order valence-corrected chi connectivity index (χ4v) is 4.61. The summed E-state index contributed by atoms with van der Waals surface area (Å²) in [6.45, 7) is 0.824. The second kappa shape index (κ2) is 12.0. The average molecular weight is 554 g/mol. The summed E-state index contributed by atoms with van der Waals surface area (Å²) in [4.78, 5) is 16.2. The van der Waals surface area contributed by atoms with Crippen LogP contribution in [0.25, 0.3) is 22.2 Å². The van der Waals surface area contributed by atoms with Crippen molar-refractivity contribution in [2.24, 2.45) is 0 Å². The van der Waals surface area contributed by atoms with Crippen molar-refractivity contribution in [2.45, 2.75) is 19.6 Å². The topological polar surface area (TPSA) is 97.4 Å². The molecule has 1 aromatic heterocycles. The standard InChI is InChI=1S/C32H25F2N3O4/c1-40-12-11-37-30-17-23(32(38)39)8-10-29(30)36-31(37)15-20-6-9-26(28(34)13-20)22-3-2-4-25(16-22)41-19-24-7-5-21(18-35)14-27(24)33/h2-10,13-14,16-17H,11-12,15,19H2,1H3,(H,38,39). The molecule has 1 N–H and O–H groups in total. The predicted molar refractivity (Wildman–Crippen MR) is 149 cm³/mol. The van der Waals surface area contributed by atoms with Crippen molar-refractivity contribution in [3.63, 3.8) is 0 Å². The summed E-state index contributed by atoms with van der Waals surface area (Å²) < 4.78 is 42.5. The minimum Gasteiger partial charge on any atom is -0.489 e. The first-order chi connectivity index (χ1) is 19.9. The molecule has 0 amide bonds. The van der Waals surface area contributed by atoms with Gasteiger partial charge < -0.3 is 19.1 Å². The molecule has 0 bridgehead atoms. The minimum atomic E-state index is -1.03. The number of aromatic nitrogens is 2. The highest BCUT2D eigenvalue weighted by molar-refractivity contribution is 5.92. The van der Waals surface area contributed by atoms with Crippen LogP contribution in [0, 0.1) is 23.0 Å². The molecule has 0 aliphatic heterocycles. The molecule has 0 spiro atoms. The van der Waals surface area contributed by atoms with E-state index in [-0.39, 0.29) is 17.7 Å². The van der Waals surface area contributed by atoms with Crippen LogP contribution in [0.1, 0.15) is 32.9 Å². The Morgan fingerprint density at radius 3 is 2.61 bits per heavy atom. The van der Waals surface area contributed by atoms with Crippen molar-refractivity contribution in [3.8, 4) is 22.9 Å². The molecule has 0 saturated carbocycles. The molecule has 0 atom stereocenters. The number of carbonyl (C=O) groups is 1. The van der Waals surface area contributed by atoms with Gasteiger partial charge in [0.2, 0.25) is 0 Å². The lowest BCUT2D eigenvalue weighted by Gasteiger charge is -2.11. The highest BCUT2D eigenvalue weighted by atomic mass is 19.1. The third kappa shape index (κ3) is 6.08. The van der Waals surface area contributed by atoms with E-state index in [0.29, 0.717) is 64.4 Å². The zero-order valence-corrected chi connectivity index (χ0v) is 22.1. The highest BCUT2D eigenvalue weighted by Crippen LogP contribution is 2.29. The maximum absolute atomic E-state index is 15.4. The van der Waals surface area contributed by atoms with Gasteiger partial charge in [-0.1, -0.05) is 30.3 Å². The fourth-order valence-electron chi connectivity index (χ4n) is 4.61. The Morgan fingerprint density at radius 1 is 1.02 bits per heavy atom. The number of hydrogen-bond acceptors (Lipinski definition) is 5. The molecule has 206 valence electrons. The Labute approximate surface area is 234 Å². The van der Waals surface area contributed by atoms with Crippen LogP contribution in [0.5, 0.6) is 5.75 Å². The Morgan fingerprint density at radius 2 is 1.88 bits per heavy atom. The second-order valence-electron chi connectivity index (χ2n) is 9.41. The van der Waals surface area contributed by atoms with Crippen molar-refractivity contribution < 1.29 is 28.2 Å². The first-order valence-corrected chi connectivity index (χ1v) is 12.8. The van der Waals surface area contributed by atoms with E-state index >= 15 is 4.39 Å². The van der Waals surface area contributed by atoms with Gasteiger partial charge >= 0.3 is 5.97 Å². The molecule has 0 aliphatic rings. The summed E-state index contributed by atoms with van der Waals surface area (Å²) in [6.07, 6.45) is 0.331. The van der Waals surface area contributed by atoms with Gasteiger partial charge in [-0.2, -0.15) is 5.26 Å². The number of methoxy groups -OCH3 is 1. The number of ether oxygens (including phenoxy) is 2. The monoisotopic (exact) mass is 553 g/mol. The van der Waals surface area contributed by atoms with Crippen LogP contribution in [-0.2, 0) is 24.3 Å². The van der Waals surface area contributed by atoms with E-state index in [1.165, 1.54) is 24.3 Å². The second-order valence-corrected chi connectivity index (χ2v) is 9.41. The normalized spacial score (nSPS) is 11.0. The van der Waals surface area contributed by atoms with E-state index in [1.807, 2.05) is 16.7 Å². The quantitative estimate of drug-likeness (QED) is 0.216. The zero-order valence-electron chi connectivity index (χ0n) is 22.1. The number of nitrogens with zero attached hydrogens (tertiary/aromatic N) is 3. The molecule has 0 aliphatic carbocycles. The predicted octanol–water partition coefficient (Wildman–Crippen LogP) is 6.37. The van der Waals surface area contributed by atoms with Crippen LogP contribution in [0.3, 0.4) is 0 Å². The number of imidazole rings is 1. The third-order valence-electron chi connectivity index (χ3n) is 6.71. The first-order valence-electron chi connectivity index (χ1n) is 12.8.